The molecule has 1 aromatic heterocycles. The fourth-order valence-corrected chi connectivity index (χ4v) is 4.31. The van der Waals surface area contributed by atoms with Gasteiger partial charge < -0.3 is 4.74 Å². The highest BCUT2D eigenvalue weighted by molar-refractivity contribution is 7.22. The third kappa shape index (κ3) is 5.07. The average Bonchev–Trinajstić information content (AvgIpc) is 3.13. The van der Waals surface area contributed by atoms with Gasteiger partial charge in [0.15, 0.2) is 10.9 Å². The van der Waals surface area contributed by atoms with E-state index in [0.29, 0.717) is 46.7 Å². The van der Waals surface area contributed by atoms with E-state index in [1.54, 1.807) is 24.3 Å². The number of thiazole rings is 1. The molecule has 4 rings (SSSR count). The number of hydrogen-bond acceptors (Lipinski definition) is 5. The van der Waals surface area contributed by atoms with Crippen LogP contribution in [-0.4, -0.2) is 55.2 Å². The highest BCUT2D eigenvalue weighted by Gasteiger charge is 2.24. The van der Waals surface area contributed by atoms with Crippen molar-refractivity contribution in [3.05, 3.63) is 58.6 Å². The molecule has 0 saturated carbocycles. The lowest BCUT2D eigenvalue weighted by molar-refractivity contribution is 0.0391. The molecular weight excluding hydrogens is 455 g/mol. The van der Waals surface area contributed by atoms with E-state index in [-0.39, 0.29) is 23.8 Å². The minimum absolute atomic E-state index is 0. The van der Waals surface area contributed by atoms with Gasteiger partial charge in [-0.15, -0.1) is 12.4 Å². The van der Waals surface area contributed by atoms with Crippen LogP contribution in [0.4, 0.5) is 13.9 Å². The Morgan fingerprint density at radius 2 is 1.90 bits per heavy atom. The predicted molar refractivity (Wildman–Crippen MR) is 117 cm³/mol. The highest BCUT2D eigenvalue weighted by Crippen LogP contribution is 2.32. The summed E-state index contributed by atoms with van der Waals surface area (Å²) in [6.07, 6.45) is 0. The normalized spacial score (nSPS) is 14.5. The summed E-state index contributed by atoms with van der Waals surface area (Å²) >= 11 is 7.02. The molecule has 1 saturated heterocycles. The third-order valence-corrected chi connectivity index (χ3v) is 5.99. The van der Waals surface area contributed by atoms with Gasteiger partial charge >= 0.3 is 0 Å². The van der Waals surface area contributed by atoms with E-state index in [1.165, 1.54) is 11.0 Å². The molecule has 0 spiro atoms. The second-order valence-electron chi connectivity index (χ2n) is 6.65. The van der Waals surface area contributed by atoms with Crippen molar-refractivity contribution in [1.82, 2.24) is 9.88 Å². The Bertz CT molecular complexity index is 1030. The molecular formula is C20H19Cl2F2N3O2S. The zero-order chi connectivity index (χ0) is 20.4. The first-order valence-electron chi connectivity index (χ1n) is 9.14. The molecule has 3 aromatic rings. The summed E-state index contributed by atoms with van der Waals surface area (Å²) in [5.74, 6) is -1.68. The van der Waals surface area contributed by atoms with Crippen molar-refractivity contribution < 1.29 is 18.3 Å². The Hall–Kier alpha value is -1.84. The summed E-state index contributed by atoms with van der Waals surface area (Å²) < 4.78 is 33.4. The summed E-state index contributed by atoms with van der Waals surface area (Å²) in [6, 6.07) is 8.59. The first kappa shape index (κ1) is 22.8. The van der Waals surface area contributed by atoms with Crippen LogP contribution in [0, 0.1) is 11.6 Å². The number of morpholine rings is 1. The Labute approximate surface area is 187 Å². The lowest BCUT2D eigenvalue weighted by Crippen LogP contribution is -2.43. The first-order valence-corrected chi connectivity index (χ1v) is 10.3. The molecule has 0 N–H and O–H groups in total. The van der Waals surface area contributed by atoms with Crippen molar-refractivity contribution >= 4 is 56.6 Å². The molecule has 1 fully saturated rings. The van der Waals surface area contributed by atoms with Gasteiger partial charge in [-0.25, -0.2) is 13.8 Å². The van der Waals surface area contributed by atoms with Crippen LogP contribution in [0.25, 0.3) is 10.2 Å². The number of ether oxygens (including phenoxy) is 1. The van der Waals surface area contributed by atoms with Crippen molar-refractivity contribution in [1.29, 1.82) is 0 Å². The molecule has 1 aliphatic rings. The summed E-state index contributed by atoms with van der Waals surface area (Å²) in [4.78, 5) is 21.2. The van der Waals surface area contributed by atoms with Crippen LogP contribution in [-0.2, 0) is 4.74 Å². The van der Waals surface area contributed by atoms with Crippen LogP contribution in [0.3, 0.4) is 0 Å². The van der Waals surface area contributed by atoms with Gasteiger partial charge in [0.1, 0.15) is 11.3 Å². The number of aromatic nitrogens is 1. The van der Waals surface area contributed by atoms with E-state index in [4.69, 9.17) is 16.3 Å². The van der Waals surface area contributed by atoms with Gasteiger partial charge in [0.25, 0.3) is 5.91 Å². The number of carbonyl (C=O) groups is 1. The molecule has 0 radical (unpaired) electrons. The van der Waals surface area contributed by atoms with Crippen molar-refractivity contribution in [3.63, 3.8) is 0 Å². The molecule has 5 nitrogen and oxygen atoms in total. The standard InChI is InChI=1S/C20H18ClF2N3O2S.ClH/c21-14-3-1-13(2-4-14)19(27)26(6-5-25-7-9-28-10-8-25)20-24-18-16(23)11-15(22)12-17(18)29-20;/h1-4,11-12H,5-10H2;1H. The molecule has 0 unspecified atom stereocenters. The maximum atomic E-state index is 14.1. The molecule has 1 aliphatic heterocycles. The van der Waals surface area contributed by atoms with E-state index >= 15 is 0 Å². The fraction of sp³-hybridized carbons (Fsp3) is 0.300. The van der Waals surface area contributed by atoms with Crippen molar-refractivity contribution in [2.75, 3.05) is 44.3 Å². The minimum Gasteiger partial charge on any atom is -0.379 e. The van der Waals surface area contributed by atoms with Crippen LogP contribution < -0.4 is 4.90 Å². The van der Waals surface area contributed by atoms with Gasteiger partial charge in [-0.1, -0.05) is 22.9 Å². The second kappa shape index (κ2) is 9.98. The maximum absolute atomic E-state index is 14.1. The van der Waals surface area contributed by atoms with Crippen LogP contribution in [0.15, 0.2) is 36.4 Å². The van der Waals surface area contributed by atoms with Crippen LogP contribution >= 0.6 is 35.3 Å². The van der Waals surface area contributed by atoms with Crippen molar-refractivity contribution in [3.8, 4) is 0 Å². The molecule has 30 heavy (non-hydrogen) atoms. The number of carbonyl (C=O) groups excluding carboxylic acids is 1. The third-order valence-electron chi connectivity index (χ3n) is 4.71. The Morgan fingerprint density at radius 1 is 1.20 bits per heavy atom. The van der Waals surface area contributed by atoms with Gasteiger partial charge in [-0.3, -0.25) is 14.6 Å². The number of halogens is 4. The van der Waals surface area contributed by atoms with Gasteiger partial charge in [0.05, 0.1) is 17.9 Å². The van der Waals surface area contributed by atoms with Gasteiger partial charge in [-0.05, 0) is 30.3 Å². The van der Waals surface area contributed by atoms with Gasteiger partial charge in [-0.2, -0.15) is 0 Å². The number of hydrogen-bond donors (Lipinski definition) is 0. The van der Waals surface area contributed by atoms with Crippen LogP contribution in [0.5, 0.6) is 0 Å². The zero-order valence-electron chi connectivity index (χ0n) is 15.8. The number of rotatable bonds is 5. The quantitative estimate of drug-likeness (QED) is 0.541. The Balaban J connectivity index is 0.00000256. The molecule has 10 heteroatoms. The SMILES string of the molecule is Cl.O=C(c1ccc(Cl)cc1)N(CCN1CCOCC1)c1nc2c(F)cc(F)cc2s1. The molecule has 160 valence electrons. The number of benzene rings is 2. The number of fused-ring (bicyclic) bond motifs is 1. The van der Waals surface area contributed by atoms with Crippen molar-refractivity contribution in [2.45, 2.75) is 0 Å². The van der Waals surface area contributed by atoms with Gasteiger partial charge in [0, 0.05) is 42.8 Å². The molecule has 0 aliphatic carbocycles. The first-order chi connectivity index (χ1) is 14.0. The average molecular weight is 474 g/mol. The van der Waals surface area contributed by atoms with Crippen molar-refractivity contribution in [2.24, 2.45) is 0 Å². The smallest absolute Gasteiger partial charge is 0.260 e. The molecule has 1 amide bonds. The van der Waals surface area contributed by atoms with E-state index in [2.05, 4.69) is 9.88 Å². The summed E-state index contributed by atoms with van der Waals surface area (Å²) in [5.41, 5.74) is 0.508. The highest BCUT2D eigenvalue weighted by atomic mass is 35.5. The maximum Gasteiger partial charge on any atom is 0.260 e. The summed E-state index contributed by atoms with van der Waals surface area (Å²) in [5, 5.41) is 0.858. The molecule has 0 atom stereocenters. The minimum atomic E-state index is -0.741. The predicted octanol–water partition coefficient (Wildman–Crippen LogP) is 4.63. The number of amides is 1. The number of nitrogens with zero attached hydrogens (tertiary/aromatic N) is 3. The fourth-order valence-electron chi connectivity index (χ4n) is 3.16. The lowest BCUT2D eigenvalue weighted by atomic mass is 10.2. The van der Waals surface area contributed by atoms with Crippen LogP contribution in [0.1, 0.15) is 10.4 Å². The largest absolute Gasteiger partial charge is 0.379 e. The molecule has 2 heterocycles. The topological polar surface area (TPSA) is 45.7 Å². The second-order valence-corrected chi connectivity index (χ2v) is 8.09. The van der Waals surface area contributed by atoms with E-state index in [1.807, 2.05) is 0 Å². The van der Waals surface area contributed by atoms with Crippen LogP contribution in [0.2, 0.25) is 5.02 Å². The lowest BCUT2D eigenvalue weighted by Gasteiger charge is -2.29. The molecule has 0 bridgehead atoms. The monoisotopic (exact) mass is 473 g/mol. The molecule has 2 aromatic carbocycles. The Morgan fingerprint density at radius 3 is 2.60 bits per heavy atom. The number of anilines is 1. The van der Waals surface area contributed by atoms with E-state index in [9.17, 15) is 13.6 Å². The summed E-state index contributed by atoms with van der Waals surface area (Å²) in [6.45, 7) is 3.85. The van der Waals surface area contributed by atoms with Gasteiger partial charge in [0.2, 0.25) is 0 Å². The summed E-state index contributed by atoms with van der Waals surface area (Å²) in [7, 11) is 0. The zero-order valence-corrected chi connectivity index (χ0v) is 18.2. The van der Waals surface area contributed by atoms with E-state index in [0.717, 1.165) is 30.5 Å². The Kier molecular flexibility index (Phi) is 7.60. The van der Waals surface area contributed by atoms with E-state index < -0.39 is 11.6 Å².